The van der Waals surface area contributed by atoms with Gasteiger partial charge in [0.1, 0.15) is 6.04 Å². The van der Waals surface area contributed by atoms with E-state index in [1.54, 1.807) is 12.1 Å². The van der Waals surface area contributed by atoms with Crippen molar-refractivity contribution in [1.29, 1.82) is 0 Å². The van der Waals surface area contributed by atoms with Crippen molar-refractivity contribution >= 4 is 24.2 Å². The molecule has 0 saturated carbocycles. The van der Waals surface area contributed by atoms with Gasteiger partial charge in [-0.2, -0.15) is 0 Å². The second-order valence-corrected chi connectivity index (χ2v) is 5.23. The maximum absolute atomic E-state index is 12.1. The molecule has 120 valence electrons. The summed E-state index contributed by atoms with van der Waals surface area (Å²) < 4.78 is 5.01. The number of nitrogens with one attached hydrogen (secondary N) is 2. The van der Waals surface area contributed by atoms with Gasteiger partial charge in [-0.05, 0) is 31.4 Å². The van der Waals surface area contributed by atoms with Crippen LogP contribution in [0.15, 0.2) is 22.8 Å². The SMILES string of the molecule is CC(N)CCNC(=O)C(NC(=O)c1ccco1)C(C)C.Cl. The Kier molecular flexibility index (Phi) is 8.73. The number of halogens is 1. The molecule has 0 bridgehead atoms. The van der Waals surface area contributed by atoms with Gasteiger partial charge >= 0.3 is 0 Å². The maximum Gasteiger partial charge on any atom is 0.287 e. The number of carbonyl (C=O) groups excluding carboxylic acids is 2. The number of hydrogen-bond acceptors (Lipinski definition) is 4. The van der Waals surface area contributed by atoms with Crippen LogP contribution in [0, 0.1) is 5.92 Å². The topological polar surface area (TPSA) is 97.4 Å². The highest BCUT2D eigenvalue weighted by Gasteiger charge is 2.25. The zero-order chi connectivity index (χ0) is 15.1. The van der Waals surface area contributed by atoms with Gasteiger partial charge in [0.2, 0.25) is 5.91 Å². The third-order valence-corrected chi connectivity index (χ3v) is 2.88. The summed E-state index contributed by atoms with van der Waals surface area (Å²) in [6.07, 6.45) is 2.12. The summed E-state index contributed by atoms with van der Waals surface area (Å²) in [5.41, 5.74) is 5.63. The highest BCUT2D eigenvalue weighted by Crippen LogP contribution is 2.05. The molecule has 2 unspecified atom stereocenters. The molecule has 0 radical (unpaired) electrons. The fourth-order valence-corrected chi connectivity index (χ4v) is 1.69. The third kappa shape index (κ3) is 6.64. The van der Waals surface area contributed by atoms with Gasteiger partial charge in [0.25, 0.3) is 5.91 Å². The lowest BCUT2D eigenvalue weighted by atomic mass is 10.0. The van der Waals surface area contributed by atoms with E-state index in [-0.39, 0.29) is 36.0 Å². The van der Waals surface area contributed by atoms with Gasteiger partial charge in [-0.1, -0.05) is 13.8 Å². The third-order valence-electron chi connectivity index (χ3n) is 2.88. The molecular formula is C14H24ClN3O3. The predicted molar refractivity (Wildman–Crippen MR) is 83.3 cm³/mol. The lowest BCUT2D eigenvalue weighted by molar-refractivity contribution is -0.123. The standard InChI is InChI=1S/C14H23N3O3.ClH/c1-9(2)12(14(19)16-7-6-10(3)15)17-13(18)11-5-4-8-20-11;/h4-5,8-10,12H,6-7,15H2,1-3H3,(H,16,19)(H,17,18);1H. The fourth-order valence-electron chi connectivity index (χ4n) is 1.69. The van der Waals surface area contributed by atoms with Crippen LogP contribution in [0.1, 0.15) is 37.7 Å². The Labute approximate surface area is 131 Å². The van der Waals surface area contributed by atoms with E-state index in [2.05, 4.69) is 10.6 Å². The summed E-state index contributed by atoms with van der Waals surface area (Å²) in [7, 11) is 0. The van der Waals surface area contributed by atoms with Crippen molar-refractivity contribution in [2.45, 2.75) is 39.3 Å². The molecule has 0 saturated heterocycles. The Morgan fingerprint density at radius 1 is 1.33 bits per heavy atom. The first-order chi connectivity index (χ1) is 9.41. The van der Waals surface area contributed by atoms with Gasteiger partial charge in [0, 0.05) is 12.6 Å². The molecular weight excluding hydrogens is 294 g/mol. The second kappa shape index (κ2) is 9.41. The van der Waals surface area contributed by atoms with E-state index in [1.807, 2.05) is 20.8 Å². The first kappa shape index (κ1) is 19.5. The molecule has 7 heteroatoms. The summed E-state index contributed by atoms with van der Waals surface area (Å²) in [6.45, 7) is 6.12. The van der Waals surface area contributed by atoms with Gasteiger partial charge in [0.15, 0.2) is 5.76 Å². The van der Waals surface area contributed by atoms with Crippen LogP contribution in [-0.4, -0.2) is 30.4 Å². The summed E-state index contributed by atoms with van der Waals surface area (Å²) >= 11 is 0. The van der Waals surface area contributed by atoms with Crippen LogP contribution in [0.4, 0.5) is 0 Å². The van der Waals surface area contributed by atoms with E-state index in [1.165, 1.54) is 6.26 Å². The molecule has 1 rings (SSSR count). The predicted octanol–water partition coefficient (Wildman–Crippen LogP) is 1.31. The minimum absolute atomic E-state index is 0. The molecule has 0 aliphatic carbocycles. The highest BCUT2D eigenvalue weighted by molar-refractivity contribution is 5.95. The first-order valence-corrected chi connectivity index (χ1v) is 6.79. The number of carbonyl (C=O) groups is 2. The normalized spacial score (nSPS) is 13.2. The zero-order valence-electron chi connectivity index (χ0n) is 12.6. The van der Waals surface area contributed by atoms with Gasteiger partial charge in [-0.15, -0.1) is 12.4 Å². The molecule has 0 fully saturated rings. The molecule has 0 aromatic carbocycles. The zero-order valence-corrected chi connectivity index (χ0v) is 13.4. The van der Waals surface area contributed by atoms with Crippen molar-refractivity contribution in [3.05, 3.63) is 24.2 Å². The van der Waals surface area contributed by atoms with Gasteiger partial charge in [0.05, 0.1) is 6.26 Å². The van der Waals surface area contributed by atoms with E-state index in [9.17, 15) is 9.59 Å². The van der Waals surface area contributed by atoms with Gasteiger partial charge in [-0.3, -0.25) is 9.59 Å². The maximum atomic E-state index is 12.1. The second-order valence-electron chi connectivity index (χ2n) is 5.23. The number of rotatable bonds is 7. The van der Waals surface area contributed by atoms with Gasteiger partial charge < -0.3 is 20.8 Å². The molecule has 2 atom stereocenters. The number of hydrogen-bond donors (Lipinski definition) is 3. The molecule has 1 aromatic heterocycles. The van der Waals surface area contributed by atoms with Gasteiger partial charge in [-0.25, -0.2) is 0 Å². The van der Waals surface area contributed by atoms with E-state index in [0.29, 0.717) is 13.0 Å². The minimum Gasteiger partial charge on any atom is -0.459 e. The number of nitrogens with two attached hydrogens (primary N) is 1. The Morgan fingerprint density at radius 2 is 2.00 bits per heavy atom. The molecule has 1 aromatic rings. The van der Waals surface area contributed by atoms with E-state index >= 15 is 0 Å². The lowest BCUT2D eigenvalue weighted by Gasteiger charge is -2.21. The van der Waals surface area contributed by atoms with E-state index in [0.717, 1.165) is 0 Å². The summed E-state index contributed by atoms with van der Waals surface area (Å²) in [4.78, 5) is 24.0. The quantitative estimate of drug-likeness (QED) is 0.706. The van der Waals surface area contributed by atoms with Crippen molar-refractivity contribution in [2.24, 2.45) is 11.7 Å². The average Bonchev–Trinajstić information content (AvgIpc) is 2.88. The van der Waals surface area contributed by atoms with Crippen molar-refractivity contribution < 1.29 is 14.0 Å². The van der Waals surface area contributed by atoms with Crippen LogP contribution in [-0.2, 0) is 4.79 Å². The van der Waals surface area contributed by atoms with Crippen LogP contribution in [0.5, 0.6) is 0 Å². The Bertz CT molecular complexity index is 433. The summed E-state index contributed by atoms with van der Waals surface area (Å²) in [6, 6.07) is 2.62. The first-order valence-electron chi connectivity index (χ1n) is 6.79. The molecule has 1 heterocycles. The van der Waals surface area contributed by atoms with Crippen LogP contribution in [0.25, 0.3) is 0 Å². The average molecular weight is 318 g/mol. The van der Waals surface area contributed by atoms with Crippen LogP contribution < -0.4 is 16.4 Å². The Morgan fingerprint density at radius 3 is 2.48 bits per heavy atom. The molecule has 6 nitrogen and oxygen atoms in total. The van der Waals surface area contributed by atoms with Crippen molar-refractivity contribution in [1.82, 2.24) is 10.6 Å². The molecule has 0 aliphatic rings. The summed E-state index contributed by atoms with van der Waals surface area (Å²) in [5.74, 6) is -0.431. The molecule has 4 N–H and O–H groups in total. The Balaban J connectivity index is 0.00000400. The van der Waals surface area contributed by atoms with E-state index < -0.39 is 11.9 Å². The largest absolute Gasteiger partial charge is 0.459 e. The van der Waals surface area contributed by atoms with Crippen LogP contribution in [0.2, 0.25) is 0 Å². The highest BCUT2D eigenvalue weighted by atomic mass is 35.5. The summed E-state index contributed by atoms with van der Waals surface area (Å²) in [5, 5.41) is 5.46. The minimum atomic E-state index is -0.597. The smallest absolute Gasteiger partial charge is 0.287 e. The van der Waals surface area contributed by atoms with Crippen molar-refractivity contribution in [2.75, 3.05) is 6.54 Å². The van der Waals surface area contributed by atoms with Crippen molar-refractivity contribution in [3.63, 3.8) is 0 Å². The molecule has 21 heavy (non-hydrogen) atoms. The molecule has 2 amide bonds. The van der Waals surface area contributed by atoms with Crippen molar-refractivity contribution in [3.8, 4) is 0 Å². The number of furan rings is 1. The lowest BCUT2D eigenvalue weighted by Crippen LogP contribution is -2.50. The van der Waals surface area contributed by atoms with Crippen LogP contribution in [0.3, 0.4) is 0 Å². The van der Waals surface area contributed by atoms with Crippen LogP contribution >= 0.6 is 12.4 Å². The molecule has 0 spiro atoms. The number of amides is 2. The molecule has 0 aliphatic heterocycles. The monoisotopic (exact) mass is 317 g/mol. The Hall–Kier alpha value is -1.53. The fraction of sp³-hybridized carbons (Fsp3) is 0.571. The van der Waals surface area contributed by atoms with E-state index in [4.69, 9.17) is 10.2 Å².